The number of para-hydroxylation sites is 2. The fourth-order valence-corrected chi connectivity index (χ4v) is 4.48. The third kappa shape index (κ3) is 3.83. The third-order valence-corrected chi connectivity index (χ3v) is 5.97. The van der Waals surface area contributed by atoms with Gasteiger partial charge in [0.15, 0.2) is 0 Å². The lowest BCUT2D eigenvalue weighted by atomic mass is 10.2. The number of piperazine rings is 1. The summed E-state index contributed by atoms with van der Waals surface area (Å²) in [7, 11) is 2.11. The van der Waals surface area contributed by atoms with Crippen LogP contribution in [-0.2, 0) is 14.3 Å². The van der Waals surface area contributed by atoms with Crippen LogP contribution in [0.2, 0.25) is 0 Å². The molecule has 0 atom stereocenters. The number of carbonyl (C=O) groups excluding carboxylic acids is 2. The lowest BCUT2D eigenvalue weighted by molar-refractivity contribution is -0.136. The smallest absolute Gasteiger partial charge is 0.422 e. The maximum absolute atomic E-state index is 12.9. The van der Waals surface area contributed by atoms with E-state index in [1.807, 2.05) is 31.2 Å². The van der Waals surface area contributed by atoms with Gasteiger partial charge in [0.05, 0.1) is 16.9 Å². The zero-order valence-corrected chi connectivity index (χ0v) is 17.1. The van der Waals surface area contributed by atoms with Crippen LogP contribution in [0.15, 0.2) is 35.3 Å². The highest BCUT2D eigenvalue weighted by Gasteiger charge is 2.33. The number of aliphatic imine (C=N–C) groups is 1. The first-order valence-corrected chi connectivity index (χ1v) is 10.1. The van der Waals surface area contributed by atoms with Crippen molar-refractivity contribution in [3.63, 3.8) is 0 Å². The number of rotatable bonds is 3. The molecule has 2 aromatic rings. The Kier molecular flexibility index (Phi) is 5.50. The maximum atomic E-state index is 12.9. The summed E-state index contributed by atoms with van der Waals surface area (Å²) >= 11 is 1.51. The van der Waals surface area contributed by atoms with Crippen LogP contribution in [0.3, 0.4) is 0 Å². The second-order valence-electron chi connectivity index (χ2n) is 6.92. The summed E-state index contributed by atoms with van der Waals surface area (Å²) in [6.07, 6.45) is -0.614. The van der Waals surface area contributed by atoms with Crippen LogP contribution < -0.4 is 4.90 Å². The maximum Gasteiger partial charge on any atom is 0.422 e. The molecule has 1 fully saturated rings. The van der Waals surface area contributed by atoms with Gasteiger partial charge >= 0.3 is 6.09 Å². The highest BCUT2D eigenvalue weighted by atomic mass is 32.1. The number of amides is 1. The molecule has 0 bridgehead atoms. The van der Waals surface area contributed by atoms with Gasteiger partial charge in [-0.15, -0.1) is 11.3 Å². The van der Waals surface area contributed by atoms with Gasteiger partial charge in [-0.05, 0) is 32.2 Å². The highest BCUT2D eigenvalue weighted by Crippen LogP contribution is 2.44. The van der Waals surface area contributed by atoms with Crippen LogP contribution in [0.25, 0.3) is 0 Å². The molecule has 0 radical (unpaired) electrons. The van der Waals surface area contributed by atoms with Gasteiger partial charge < -0.3 is 19.3 Å². The predicted octanol–water partition coefficient (Wildman–Crippen LogP) is 3.10. The molecular formula is C20H22N4O4S. The molecule has 0 saturated carbocycles. The Morgan fingerprint density at radius 3 is 2.76 bits per heavy atom. The van der Waals surface area contributed by atoms with Crippen molar-refractivity contribution in [2.45, 2.75) is 6.92 Å². The lowest BCUT2D eigenvalue weighted by Crippen LogP contribution is -2.47. The minimum absolute atomic E-state index is 0.249. The number of anilines is 2. The zero-order chi connectivity index (χ0) is 20.4. The van der Waals surface area contributed by atoms with E-state index in [2.05, 4.69) is 27.7 Å². The predicted molar refractivity (Wildman–Crippen MR) is 111 cm³/mol. The topological polar surface area (TPSA) is 74.7 Å². The molecule has 1 aromatic carbocycles. The van der Waals surface area contributed by atoms with Crippen molar-refractivity contribution in [1.82, 2.24) is 9.80 Å². The first kappa shape index (κ1) is 19.4. The first-order chi connectivity index (χ1) is 14.1. The Morgan fingerprint density at radius 2 is 2.00 bits per heavy atom. The molecule has 0 spiro atoms. The molecule has 2 aliphatic heterocycles. The van der Waals surface area contributed by atoms with Crippen LogP contribution in [0, 0.1) is 6.92 Å². The number of carbonyl (C=O) groups is 2. The van der Waals surface area contributed by atoms with E-state index in [-0.39, 0.29) is 6.47 Å². The Bertz CT molecular complexity index is 950. The molecule has 9 heteroatoms. The summed E-state index contributed by atoms with van der Waals surface area (Å²) in [5.74, 6) is 0.865. The van der Waals surface area contributed by atoms with Crippen molar-refractivity contribution in [3.8, 4) is 0 Å². The van der Waals surface area contributed by atoms with E-state index in [4.69, 9.17) is 9.73 Å². The number of ether oxygens (including phenoxy) is 2. The van der Waals surface area contributed by atoms with Crippen molar-refractivity contribution in [1.29, 1.82) is 0 Å². The molecule has 0 aliphatic carbocycles. The number of hydrogen-bond donors (Lipinski definition) is 0. The molecule has 152 valence electrons. The van der Waals surface area contributed by atoms with Crippen molar-refractivity contribution in [2.75, 3.05) is 44.9 Å². The van der Waals surface area contributed by atoms with Gasteiger partial charge in [-0.2, -0.15) is 0 Å². The second-order valence-corrected chi connectivity index (χ2v) is 8.15. The number of likely N-dealkylation sites (N-methyl/N-ethyl adjacent to an activating group) is 1. The normalized spacial score (nSPS) is 16.4. The number of benzene rings is 1. The molecule has 0 unspecified atom stereocenters. The Balaban J connectivity index is 1.79. The van der Waals surface area contributed by atoms with Gasteiger partial charge in [-0.1, -0.05) is 12.1 Å². The molecule has 0 N–H and O–H groups in total. The monoisotopic (exact) mass is 414 g/mol. The van der Waals surface area contributed by atoms with E-state index in [0.717, 1.165) is 47.5 Å². The van der Waals surface area contributed by atoms with Crippen LogP contribution in [0.4, 0.5) is 21.2 Å². The van der Waals surface area contributed by atoms with E-state index >= 15 is 0 Å². The quantitative estimate of drug-likeness (QED) is 0.437. The minimum atomic E-state index is -0.614. The molecule has 4 rings (SSSR count). The summed E-state index contributed by atoms with van der Waals surface area (Å²) < 4.78 is 9.71. The summed E-state index contributed by atoms with van der Waals surface area (Å²) in [6.45, 7) is 5.45. The molecule has 2 aliphatic rings. The molecular weight excluding hydrogens is 392 g/mol. The van der Waals surface area contributed by atoms with Crippen molar-refractivity contribution in [3.05, 3.63) is 40.8 Å². The summed E-state index contributed by atoms with van der Waals surface area (Å²) in [5, 5.41) is 0.751. The van der Waals surface area contributed by atoms with Crippen molar-refractivity contribution < 1.29 is 19.1 Å². The van der Waals surface area contributed by atoms with Gasteiger partial charge in [0, 0.05) is 31.1 Å². The molecule has 1 saturated heterocycles. The number of hydrogen-bond acceptors (Lipinski definition) is 8. The van der Waals surface area contributed by atoms with Crippen molar-refractivity contribution >= 4 is 46.1 Å². The standard InChI is InChI=1S/C20H22N4O4S/c1-14-11-15-18(23-9-7-22(2)8-10-23)21-16-5-3-4-6-17(16)24(19(15)29-14)20(26)28-13-27-12-25/h3-6,11-12H,7-10,13H2,1-2H3. The van der Waals surface area contributed by atoms with Crippen LogP contribution in [-0.4, -0.2) is 68.2 Å². The molecule has 8 nitrogen and oxygen atoms in total. The molecule has 1 amide bonds. The van der Waals surface area contributed by atoms with Gasteiger partial charge in [0.1, 0.15) is 10.8 Å². The van der Waals surface area contributed by atoms with E-state index < -0.39 is 12.9 Å². The van der Waals surface area contributed by atoms with Crippen LogP contribution in [0.5, 0.6) is 0 Å². The highest BCUT2D eigenvalue weighted by molar-refractivity contribution is 7.16. The first-order valence-electron chi connectivity index (χ1n) is 9.32. The Labute approximate surface area is 172 Å². The molecule has 1 aromatic heterocycles. The van der Waals surface area contributed by atoms with Gasteiger partial charge in [0.25, 0.3) is 6.47 Å². The number of fused-ring (bicyclic) bond motifs is 2. The SMILES string of the molecule is Cc1cc2c(s1)N(C(=O)OCOC=O)c1ccccc1N=C2N1CCN(C)CC1. The largest absolute Gasteiger partial charge is 0.430 e. The molecule has 29 heavy (non-hydrogen) atoms. The number of nitrogens with zero attached hydrogens (tertiary/aromatic N) is 4. The summed E-state index contributed by atoms with van der Waals surface area (Å²) in [5.41, 5.74) is 2.23. The average Bonchev–Trinajstić information content (AvgIpc) is 3.03. The van der Waals surface area contributed by atoms with Gasteiger partial charge in [-0.25, -0.2) is 14.7 Å². The van der Waals surface area contributed by atoms with Crippen LogP contribution >= 0.6 is 11.3 Å². The summed E-state index contributed by atoms with van der Waals surface area (Å²) in [4.78, 5) is 35.4. The summed E-state index contributed by atoms with van der Waals surface area (Å²) in [6, 6.07) is 9.54. The van der Waals surface area contributed by atoms with E-state index in [1.165, 1.54) is 16.2 Å². The zero-order valence-electron chi connectivity index (χ0n) is 16.3. The average molecular weight is 414 g/mol. The van der Waals surface area contributed by atoms with E-state index in [1.54, 1.807) is 0 Å². The van der Waals surface area contributed by atoms with Crippen molar-refractivity contribution in [2.24, 2.45) is 4.99 Å². The lowest BCUT2D eigenvalue weighted by Gasteiger charge is -2.34. The fourth-order valence-electron chi connectivity index (χ4n) is 3.48. The van der Waals surface area contributed by atoms with E-state index in [9.17, 15) is 9.59 Å². The Morgan fingerprint density at radius 1 is 1.24 bits per heavy atom. The van der Waals surface area contributed by atoms with Gasteiger partial charge in [0.2, 0.25) is 6.79 Å². The van der Waals surface area contributed by atoms with E-state index in [0.29, 0.717) is 11.4 Å². The van der Waals surface area contributed by atoms with Crippen LogP contribution in [0.1, 0.15) is 10.4 Å². The Hall–Kier alpha value is -2.91. The third-order valence-electron chi connectivity index (χ3n) is 4.93. The number of aryl methyl sites for hydroxylation is 1. The minimum Gasteiger partial charge on any atom is -0.430 e. The number of thiophene rings is 1. The fraction of sp³-hybridized carbons (Fsp3) is 0.350. The number of amidine groups is 1. The van der Waals surface area contributed by atoms with Gasteiger partial charge in [-0.3, -0.25) is 4.79 Å². The second kappa shape index (κ2) is 8.22. The molecule has 3 heterocycles.